The Balaban J connectivity index is 1.90. The quantitative estimate of drug-likeness (QED) is 0.819. The maximum absolute atomic E-state index is 12.8. The maximum Gasteiger partial charge on any atom is 0.394 e. The second kappa shape index (κ2) is 5.75. The van der Waals surface area contributed by atoms with Crippen molar-refractivity contribution >= 4 is 0 Å². The predicted molar refractivity (Wildman–Crippen MR) is 62.4 cm³/mol. The number of hydrogen-bond donors (Lipinski definition) is 1. The van der Waals surface area contributed by atoms with Gasteiger partial charge in [-0.3, -0.25) is 0 Å². The molecule has 2 saturated heterocycles. The van der Waals surface area contributed by atoms with E-state index in [1.807, 2.05) is 11.8 Å². The zero-order valence-corrected chi connectivity index (χ0v) is 10.7. The van der Waals surface area contributed by atoms with Crippen molar-refractivity contribution in [2.24, 2.45) is 11.8 Å². The molecule has 3 atom stereocenters. The van der Waals surface area contributed by atoms with E-state index in [9.17, 15) is 13.2 Å². The molecule has 3 unspecified atom stereocenters. The Kier molecular flexibility index (Phi) is 4.50. The number of nitrogens with one attached hydrogen (secondary N) is 1. The van der Waals surface area contributed by atoms with E-state index in [1.54, 1.807) is 0 Å². The lowest BCUT2D eigenvalue weighted by Gasteiger charge is -2.28. The van der Waals surface area contributed by atoms with Crippen LogP contribution in [0.4, 0.5) is 13.2 Å². The molecule has 0 aliphatic carbocycles. The summed E-state index contributed by atoms with van der Waals surface area (Å²) < 4.78 is 43.9. The molecule has 0 aromatic heterocycles. The van der Waals surface area contributed by atoms with Crippen LogP contribution >= 0.6 is 0 Å². The molecule has 2 fully saturated rings. The smallest absolute Gasteiger partial charge is 0.378 e. The van der Waals surface area contributed by atoms with E-state index in [0.717, 1.165) is 19.6 Å². The van der Waals surface area contributed by atoms with Gasteiger partial charge in [0, 0.05) is 39.3 Å². The fourth-order valence-electron chi connectivity index (χ4n) is 2.71. The molecule has 106 valence electrons. The van der Waals surface area contributed by atoms with Gasteiger partial charge in [0.1, 0.15) is 0 Å². The van der Waals surface area contributed by atoms with Crippen LogP contribution in [0.5, 0.6) is 0 Å². The molecule has 1 N–H and O–H groups in total. The highest BCUT2D eigenvalue weighted by atomic mass is 19.4. The third kappa shape index (κ3) is 3.59. The number of alkyl halides is 3. The fourth-order valence-corrected chi connectivity index (χ4v) is 2.71. The maximum atomic E-state index is 12.8. The first kappa shape index (κ1) is 14.1. The van der Waals surface area contributed by atoms with Crippen molar-refractivity contribution in [2.75, 3.05) is 39.3 Å². The van der Waals surface area contributed by atoms with Gasteiger partial charge in [-0.05, 0) is 19.3 Å². The molecule has 6 heteroatoms. The average molecular weight is 266 g/mol. The van der Waals surface area contributed by atoms with Crippen LogP contribution in [0.15, 0.2) is 0 Å². The van der Waals surface area contributed by atoms with Crippen molar-refractivity contribution in [1.29, 1.82) is 0 Å². The molecule has 0 amide bonds. The Labute approximate surface area is 106 Å². The van der Waals surface area contributed by atoms with Crippen LogP contribution in [0, 0.1) is 11.8 Å². The molecule has 0 aromatic carbocycles. The van der Waals surface area contributed by atoms with Gasteiger partial charge in [-0.15, -0.1) is 0 Å². The highest BCUT2D eigenvalue weighted by Crippen LogP contribution is 2.28. The zero-order chi connectivity index (χ0) is 13.2. The highest BCUT2D eigenvalue weighted by Gasteiger charge is 2.41. The van der Waals surface area contributed by atoms with Crippen LogP contribution in [0.25, 0.3) is 0 Å². The van der Waals surface area contributed by atoms with Crippen molar-refractivity contribution in [1.82, 2.24) is 10.2 Å². The van der Waals surface area contributed by atoms with Gasteiger partial charge in [0.15, 0.2) is 0 Å². The van der Waals surface area contributed by atoms with Gasteiger partial charge >= 0.3 is 6.18 Å². The van der Waals surface area contributed by atoms with Gasteiger partial charge in [0.2, 0.25) is 0 Å². The van der Waals surface area contributed by atoms with Gasteiger partial charge in [0.25, 0.3) is 0 Å². The molecule has 0 spiro atoms. The first-order valence-electron chi connectivity index (χ1n) is 6.58. The summed E-state index contributed by atoms with van der Waals surface area (Å²) >= 11 is 0. The minimum Gasteiger partial charge on any atom is -0.378 e. The zero-order valence-electron chi connectivity index (χ0n) is 10.7. The van der Waals surface area contributed by atoms with Crippen LogP contribution in [-0.4, -0.2) is 56.5 Å². The molecular formula is C12H21F3N2O. The lowest BCUT2D eigenvalue weighted by molar-refractivity contribution is -0.176. The van der Waals surface area contributed by atoms with E-state index < -0.39 is 12.1 Å². The molecular weight excluding hydrogens is 245 g/mol. The second-order valence-corrected chi connectivity index (χ2v) is 5.33. The number of ether oxygens (including phenoxy) is 1. The summed E-state index contributed by atoms with van der Waals surface area (Å²) in [4.78, 5) is 1.94. The van der Waals surface area contributed by atoms with E-state index in [1.165, 1.54) is 0 Å². The van der Waals surface area contributed by atoms with Crippen molar-refractivity contribution in [3.8, 4) is 0 Å². The molecule has 2 aliphatic heterocycles. The standard InChI is InChI=1S/C12H21F3N2O/c1-9-10(2-5-18-9)7-17-4-3-16-6-11(8-17)12(13,14)15/h9-11,16H,2-8H2,1H3. The van der Waals surface area contributed by atoms with Gasteiger partial charge < -0.3 is 15.0 Å². The van der Waals surface area contributed by atoms with E-state index in [2.05, 4.69) is 5.32 Å². The summed E-state index contributed by atoms with van der Waals surface area (Å²) in [6.07, 6.45) is -2.97. The molecule has 2 aliphatic rings. The molecule has 0 radical (unpaired) electrons. The van der Waals surface area contributed by atoms with Crippen LogP contribution in [-0.2, 0) is 4.74 Å². The predicted octanol–water partition coefficient (Wildman–Crippen LogP) is 1.50. The first-order valence-corrected chi connectivity index (χ1v) is 6.58. The Hall–Kier alpha value is -0.330. The van der Waals surface area contributed by atoms with Crippen molar-refractivity contribution in [2.45, 2.75) is 25.6 Å². The van der Waals surface area contributed by atoms with Crippen molar-refractivity contribution in [3.05, 3.63) is 0 Å². The Morgan fingerprint density at radius 1 is 1.39 bits per heavy atom. The third-order valence-corrected chi connectivity index (χ3v) is 3.96. The van der Waals surface area contributed by atoms with E-state index in [-0.39, 0.29) is 19.2 Å². The second-order valence-electron chi connectivity index (χ2n) is 5.33. The number of nitrogens with zero attached hydrogens (tertiary/aromatic N) is 1. The summed E-state index contributed by atoms with van der Waals surface area (Å²) in [5.74, 6) is -0.880. The monoisotopic (exact) mass is 266 g/mol. The molecule has 0 saturated carbocycles. The van der Waals surface area contributed by atoms with Gasteiger partial charge in [-0.1, -0.05) is 0 Å². The summed E-state index contributed by atoms with van der Waals surface area (Å²) in [6.45, 7) is 4.94. The van der Waals surface area contributed by atoms with Gasteiger partial charge in [0.05, 0.1) is 12.0 Å². The van der Waals surface area contributed by atoms with Gasteiger partial charge in [-0.25, -0.2) is 0 Å². The van der Waals surface area contributed by atoms with E-state index in [0.29, 0.717) is 19.0 Å². The largest absolute Gasteiger partial charge is 0.394 e. The molecule has 0 bridgehead atoms. The SMILES string of the molecule is CC1OCCC1CN1CCNCC(C(F)(F)F)C1. The molecule has 0 aromatic rings. The summed E-state index contributed by atoms with van der Waals surface area (Å²) in [5, 5.41) is 2.88. The number of halogens is 3. The molecule has 3 nitrogen and oxygen atoms in total. The van der Waals surface area contributed by atoms with E-state index in [4.69, 9.17) is 4.74 Å². The molecule has 18 heavy (non-hydrogen) atoms. The highest BCUT2D eigenvalue weighted by molar-refractivity contribution is 4.82. The Morgan fingerprint density at radius 2 is 2.17 bits per heavy atom. The third-order valence-electron chi connectivity index (χ3n) is 3.96. The topological polar surface area (TPSA) is 24.5 Å². The minimum absolute atomic E-state index is 0.0384. The lowest BCUT2D eigenvalue weighted by Crippen LogP contribution is -2.40. The molecule has 2 rings (SSSR count). The lowest BCUT2D eigenvalue weighted by atomic mass is 10.0. The minimum atomic E-state index is -4.10. The van der Waals surface area contributed by atoms with Crippen LogP contribution < -0.4 is 5.32 Å². The van der Waals surface area contributed by atoms with Gasteiger partial charge in [-0.2, -0.15) is 13.2 Å². The van der Waals surface area contributed by atoms with E-state index >= 15 is 0 Å². The van der Waals surface area contributed by atoms with Crippen LogP contribution in [0.1, 0.15) is 13.3 Å². The van der Waals surface area contributed by atoms with Crippen molar-refractivity contribution < 1.29 is 17.9 Å². The Morgan fingerprint density at radius 3 is 2.78 bits per heavy atom. The fraction of sp³-hybridized carbons (Fsp3) is 1.00. The number of hydrogen-bond acceptors (Lipinski definition) is 3. The summed E-state index contributed by atoms with van der Waals surface area (Å²) in [6, 6.07) is 0. The summed E-state index contributed by atoms with van der Waals surface area (Å²) in [5.41, 5.74) is 0. The van der Waals surface area contributed by atoms with Crippen LogP contribution in [0.3, 0.4) is 0 Å². The first-order chi connectivity index (χ1) is 8.47. The summed E-state index contributed by atoms with van der Waals surface area (Å²) in [7, 11) is 0. The number of rotatable bonds is 2. The van der Waals surface area contributed by atoms with Crippen molar-refractivity contribution in [3.63, 3.8) is 0 Å². The van der Waals surface area contributed by atoms with Crippen LogP contribution in [0.2, 0.25) is 0 Å². The molecule has 2 heterocycles. The average Bonchev–Trinajstić information content (AvgIpc) is 2.54. The normalized spacial score (nSPS) is 35.7. The Bertz CT molecular complexity index is 273.